The van der Waals surface area contributed by atoms with Gasteiger partial charge in [0.05, 0.1) is 11.0 Å². The van der Waals surface area contributed by atoms with E-state index in [-0.39, 0.29) is 5.82 Å². The summed E-state index contributed by atoms with van der Waals surface area (Å²) in [7, 11) is 0. The van der Waals surface area contributed by atoms with Crippen LogP contribution in [0.1, 0.15) is 32.5 Å². The van der Waals surface area contributed by atoms with E-state index in [1.54, 1.807) is 6.07 Å². The summed E-state index contributed by atoms with van der Waals surface area (Å²) in [5.41, 5.74) is 7.25. The minimum Gasteiger partial charge on any atom is -0.342 e. The second kappa shape index (κ2) is 6.15. The summed E-state index contributed by atoms with van der Waals surface area (Å²) in [5, 5.41) is 0. The molecule has 0 spiro atoms. The molecule has 0 aliphatic carbocycles. The van der Waals surface area contributed by atoms with Gasteiger partial charge in [0.2, 0.25) is 0 Å². The number of rotatable bonds is 6. The van der Waals surface area contributed by atoms with E-state index in [2.05, 4.69) is 23.8 Å². The molecule has 0 saturated heterocycles. The van der Waals surface area contributed by atoms with E-state index < -0.39 is 0 Å². The van der Waals surface area contributed by atoms with Crippen molar-refractivity contribution in [1.29, 1.82) is 0 Å². The first kappa shape index (κ1) is 14.0. The predicted molar refractivity (Wildman–Crippen MR) is 76.4 cm³/mol. The monoisotopic (exact) mass is 263 g/mol. The Labute approximate surface area is 113 Å². The van der Waals surface area contributed by atoms with Crippen LogP contribution in [0.2, 0.25) is 0 Å². The first-order valence-electron chi connectivity index (χ1n) is 6.94. The topological polar surface area (TPSA) is 54.7 Å². The van der Waals surface area contributed by atoms with E-state index in [9.17, 15) is 4.39 Å². The summed E-state index contributed by atoms with van der Waals surface area (Å²) in [6.45, 7) is 5.19. The van der Waals surface area contributed by atoms with Crippen LogP contribution in [0.5, 0.6) is 0 Å². The number of nitrogens with zero attached hydrogens (tertiary/aromatic N) is 1. The first-order chi connectivity index (χ1) is 9.10. The number of benzene rings is 1. The molecule has 2 rings (SSSR count). The van der Waals surface area contributed by atoms with Crippen molar-refractivity contribution in [2.45, 2.75) is 33.1 Å². The van der Waals surface area contributed by atoms with Gasteiger partial charge in [0.25, 0.3) is 0 Å². The van der Waals surface area contributed by atoms with Gasteiger partial charge in [0.15, 0.2) is 0 Å². The summed E-state index contributed by atoms with van der Waals surface area (Å²) in [6, 6.07) is 4.65. The van der Waals surface area contributed by atoms with E-state index in [0.717, 1.165) is 42.7 Å². The third kappa shape index (κ3) is 3.53. The van der Waals surface area contributed by atoms with Crippen molar-refractivity contribution in [3.05, 3.63) is 29.8 Å². The zero-order valence-corrected chi connectivity index (χ0v) is 11.6. The average Bonchev–Trinajstić information content (AvgIpc) is 2.75. The highest BCUT2D eigenvalue weighted by molar-refractivity contribution is 5.74. The van der Waals surface area contributed by atoms with Crippen LogP contribution in [0.4, 0.5) is 4.39 Å². The fourth-order valence-corrected chi connectivity index (χ4v) is 2.50. The molecule has 0 radical (unpaired) electrons. The van der Waals surface area contributed by atoms with Crippen LogP contribution in [0.25, 0.3) is 11.0 Å². The second-order valence-electron chi connectivity index (χ2n) is 5.47. The molecule has 0 amide bonds. The van der Waals surface area contributed by atoms with E-state index >= 15 is 0 Å². The highest BCUT2D eigenvalue weighted by Gasteiger charge is 2.13. The Balaban J connectivity index is 2.04. The number of fused-ring (bicyclic) bond motifs is 1. The molecule has 1 aromatic carbocycles. The molecule has 104 valence electrons. The summed E-state index contributed by atoms with van der Waals surface area (Å²) in [6.07, 6.45) is 3.00. The Kier molecular flexibility index (Phi) is 4.53. The van der Waals surface area contributed by atoms with Crippen molar-refractivity contribution in [3.63, 3.8) is 0 Å². The molecule has 0 aliphatic heterocycles. The third-order valence-electron chi connectivity index (χ3n) is 3.73. The summed E-state index contributed by atoms with van der Waals surface area (Å²) >= 11 is 0. The number of aryl methyl sites for hydroxylation is 1. The van der Waals surface area contributed by atoms with Gasteiger partial charge < -0.3 is 10.7 Å². The number of aromatic amines is 1. The molecule has 3 nitrogen and oxygen atoms in total. The van der Waals surface area contributed by atoms with E-state index in [1.807, 2.05) is 0 Å². The molecule has 0 bridgehead atoms. The van der Waals surface area contributed by atoms with Gasteiger partial charge in [0, 0.05) is 6.42 Å². The average molecular weight is 263 g/mol. The van der Waals surface area contributed by atoms with Crippen LogP contribution < -0.4 is 5.73 Å². The lowest BCUT2D eigenvalue weighted by Crippen LogP contribution is -2.15. The predicted octanol–water partition coefficient (Wildman–Crippen LogP) is 3.26. The Morgan fingerprint density at radius 2 is 2.11 bits per heavy atom. The molecule has 3 N–H and O–H groups in total. The first-order valence-corrected chi connectivity index (χ1v) is 6.94. The molecule has 0 aliphatic rings. The molecule has 0 fully saturated rings. The minimum absolute atomic E-state index is 0.231. The van der Waals surface area contributed by atoms with Crippen LogP contribution in [-0.4, -0.2) is 16.5 Å². The molecule has 19 heavy (non-hydrogen) atoms. The third-order valence-corrected chi connectivity index (χ3v) is 3.73. The molecule has 1 atom stereocenters. The van der Waals surface area contributed by atoms with E-state index in [0.29, 0.717) is 11.8 Å². The number of imidazole rings is 1. The minimum atomic E-state index is -0.231. The summed E-state index contributed by atoms with van der Waals surface area (Å²) < 4.78 is 13.1. The maximum Gasteiger partial charge on any atom is 0.125 e. The van der Waals surface area contributed by atoms with Gasteiger partial charge in [-0.3, -0.25) is 0 Å². The van der Waals surface area contributed by atoms with E-state index in [1.165, 1.54) is 12.1 Å². The molecule has 1 aromatic heterocycles. The summed E-state index contributed by atoms with van der Waals surface area (Å²) in [5.74, 6) is 1.95. The van der Waals surface area contributed by atoms with Crippen LogP contribution in [0, 0.1) is 17.7 Å². The number of aromatic nitrogens is 2. The van der Waals surface area contributed by atoms with Crippen molar-refractivity contribution in [2.24, 2.45) is 17.6 Å². The highest BCUT2D eigenvalue weighted by Crippen LogP contribution is 2.21. The largest absolute Gasteiger partial charge is 0.342 e. The second-order valence-corrected chi connectivity index (χ2v) is 5.47. The van der Waals surface area contributed by atoms with Gasteiger partial charge in [-0.1, -0.05) is 13.8 Å². The number of H-pyrrole nitrogens is 1. The van der Waals surface area contributed by atoms with Crippen LogP contribution in [0.3, 0.4) is 0 Å². The fourth-order valence-electron chi connectivity index (χ4n) is 2.50. The van der Waals surface area contributed by atoms with Gasteiger partial charge in [-0.2, -0.15) is 0 Å². The van der Waals surface area contributed by atoms with Crippen molar-refractivity contribution < 1.29 is 4.39 Å². The number of nitrogens with two attached hydrogens (primary N) is 1. The van der Waals surface area contributed by atoms with Crippen molar-refractivity contribution in [1.82, 2.24) is 9.97 Å². The Bertz CT molecular complexity index is 533. The quantitative estimate of drug-likeness (QED) is 0.840. The Hall–Kier alpha value is -1.42. The van der Waals surface area contributed by atoms with Crippen molar-refractivity contribution in [2.75, 3.05) is 6.54 Å². The zero-order chi connectivity index (χ0) is 13.8. The number of halogens is 1. The Morgan fingerprint density at radius 3 is 2.79 bits per heavy atom. The van der Waals surface area contributed by atoms with Crippen molar-refractivity contribution >= 4 is 11.0 Å². The lowest BCUT2D eigenvalue weighted by Gasteiger charge is -2.19. The highest BCUT2D eigenvalue weighted by atomic mass is 19.1. The van der Waals surface area contributed by atoms with Crippen LogP contribution in [0.15, 0.2) is 18.2 Å². The number of hydrogen-bond donors (Lipinski definition) is 2. The Morgan fingerprint density at radius 1 is 1.32 bits per heavy atom. The normalized spacial score (nSPS) is 13.3. The standard InChI is InChI=1S/C15H22FN3/c1-10(2)11(7-8-17)3-6-15-18-13-5-4-12(16)9-14(13)19-15/h4-5,9-11H,3,6-8,17H2,1-2H3,(H,18,19). The number of nitrogens with one attached hydrogen (secondary N) is 1. The van der Waals surface area contributed by atoms with Crippen LogP contribution in [-0.2, 0) is 6.42 Å². The molecule has 2 aromatic rings. The summed E-state index contributed by atoms with van der Waals surface area (Å²) in [4.78, 5) is 7.68. The zero-order valence-electron chi connectivity index (χ0n) is 11.6. The van der Waals surface area contributed by atoms with Gasteiger partial charge in [-0.05, 0) is 49.4 Å². The van der Waals surface area contributed by atoms with Gasteiger partial charge in [0.1, 0.15) is 11.6 Å². The van der Waals surface area contributed by atoms with Gasteiger partial charge in [-0.25, -0.2) is 9.37 Å². The molecular formula is C15H22FN3. The van der Waals surface area contributed by atoms with Crippen LogP contribution >= 0.6 is 0 Å². The van der Waals surface area contributed by atoms with Gasteiger partial charge in [-0.15, -0.1) is 0 Å². The maximum atomic E-state index is 13.1. The number of hydrogen-bond acceptors (Lipinski definition) is 2. The molecule has 1 unspecified atom stereocenters. The SMILES string of the molecule is CC(C)C(CCN)CCc1nc2ccc(F)cc2[nH]1. The lowest BCUT2D eigenvalue weighted by molar-refractivity contribution is 0.339. The van der Waals surface area contributed by atoms with Crippen molar-refractivity contribution in [3.8, 4) is 0 Å². The smallest absolute Gasteiger partial charge is 0.125 e. The fraction of sp³-hybridized carbons (Fsp3) is 0.533. The molecule has 0 saturated carbocycles. The molecular weight excluding hydrogens is 241 g/mol. The molecule has 1 heterocycles. The van der Waals surface area contributed by atoms with Gasteiger partial charge >= 0.3 is 0 Å². The lowest BCUT2D eigenvalue weighted by atomic mass is 9.88. The van der Waals surface area contributed by atoms with E-state index in [4.69, 9.17) is 5.73 Å². The molecule has 4 heteroatoms. The maximum absolute atomic E-state index is 13.1.